The minimum absolute atomic E-state index is 0.0440. The Balaban J connectivity index is 2.39. The lowest BCUT2D eigenvalue weighted by Gasteiger charge is -2.39. The highest BCUT2D eigenvalue weighted by molar-refractivity contribution is 7.11. The van der Waals surface area contributed by atoms with E-state index in [2.05, 4.69) is 5.32 Å². The monoisotopic (exact) mass is 253 g/mol. The third-order valence-electron chi connectivity index (χ3n) is 2.95. The maximum atomic E-state index is 13.4. The number of hydrogen-bond donors (Lipinski definition) is 2. The van der Waals surface area contributed by atoms with Crippen LogP contribution in [0, 0.1) is 5.41 Å². The number of carbonyl (C=O) groups is 1. The quantitative estimate of drug-likeness (QED) is 0.702. The van der Waals surface area contributed by atoms with Crippen molar-refractivity contribution in [3.05, 3.63) is 16.3 Å². The topological polar surface area (TPSA) is 56.2 Å². The molecular formula is C10H13BFN3OS. The van der Waals surface area contributed by atoms with Gasteiger partial charge < -0.3 is 5.32 Å². The molecular weight excluding hydrogens is 240 g/mol. The van der Waals surface area contributed by atoms with Crippen molar-refractivity contribution in [2.45, 2.75) is 12.0 Å². The number of halogens is 1. The molecule has 1 atom stereocenters. The maximum Gasteiger partial charge on any atom is 0.231 e. The summed E-state index contributed by atoms with van der Waals surface area (Å²) in [6, 6.07) is 1.86. The summed E-state index contributed by atoms with van der Waals surface area (Å²) in [7, 11) is 3.44. The Morgan fingerprint density at radius 3 is 2.94 bits per heavy atom. The number of nitrogens with one attached hydrogen (secondary N) is 2. The van der Waals surface area contributed by atoms with Gasteiger partial charge in [0.05, 0.1) is 6.42 Å². The van der Waals surface area contributed by atoms with Gasteiger partial charge in [-0.2, -0.15) is 0 Å². The summed E-state index contributed by atoms with van der Waals surface area (Å²) in [5, 5.41) is 12.4. The van der Waals surface area contributed by atoms with Gasteiger partial charge in [0.25, 0.3) is 0 Å². The molecule has 17 heavy (non-hydrogen) atoms. The largest absolute Gasteiger partial charge is 0.343 e. The highest BCUT2D eigenvalue weighted by Crippen LogP contribution is 2.32. The second-order valence-electron chi connectivity index (χ2n) is 4.31. The van der Waals surface area contributed by atoms with Crippen molar-refractivity contribution in [2.24, 2.45) is 0 Å². The minimum atomic E-state index is -1.06. The molecule has 2 rings (SSSR count). The number of thiophene rings is 1. The molecule has 1 aliphatic rings. The van der Waals surface area contributed by atoms with Gasteiger partial charge in [-0.15, -0.1) is 11.3 Å². The van der Waals surface area contributed by atoms with Crippen LogP contribution in [0.2, 0.25) is 0 Å². The SMILES string of the molecule is Bc1csc([C@]2(CF)CC(=O)N(C)C(=N)N2)c1. The normalized spacial score (nSPS) is 24.9. The Morgan fingerprint density at radius 2 is 2.47 bits per heavy atom. The molecule has 7 heteroatoms. The summed E-state index contributed by atoms with van der Waals surface area (Å²) >= 11 is 1.41. The zero-order valence-electron chi connectivity index (χ0n) is 9.71. The fourth-order valence-electron chi connectivity index (χ4n) is 1.83. The van der Waals surface area contributed by atoms with Gasteiger partial charge in [0.15, 0.2) is 5.96 Å². The zero-order chi connectivity index (χ0) is 12.6. The highest BCUT2D eigenvalue weighted by atomic mass is 32.1. The van der Waals surface area contributed by atoms with E-state index in [0.29, 0.717) is 0 Å². The number of rotatable bonds is 2. The first-order valence-corrected chi connectivity index (χ1v) is 6.11. The summed E-state index contributed by atoms with van der Waals surface area (Å²) in [5.74, 6) is -0.289. The van der Waals surface area contributed by atoms with Crippen LogP contribution in [0.4, 0.5) is 4.39 Å². The average molecular weight is 253 g/mol. The second-order valence-corrected chi connectivity index (χ2v) is 5.22. The Morgan fingerprint density at radius 1 is 1.76 bits per heavy atom. The standard InChI is InChI=1S/C10H13BFN3OS/c1-15-8(16)3-10(5-12,14-9(15)13)7-2-6(11)4-17-7/h2,4H,3,5,11H2,1H3,(H2,13,14)/t10-/m1/s1. The Kier molecular flexibility index (Phi) is 2.95. The van der Waals surface area contributed by atoms with Crippen molar-refractivity contribution in [1.82, 2.24) is 10.2 Å². The molecule has 0 spiro atoms. The molecule has 0 saturated carbocycles. The smallest absolute Gasteiger partial charge is 0.231 e. The molecule has 0 unspecified atom stereocenters. The van der Waals surface area contributed by atoms with Crippen LogP contribution >= 0.6 is 11.3 Å². The predicted octanol–water partition coefficient (Wildman–Crippen LogP) is -0.442. The highest BCUT2D eigenvalue weighted by Gasteiger charge is 2.42. The molecule has 0 bridgehead atoms. The van der Waals surface area contributed by atoms with E-state index in [1.54, 1.807) is 0 Å². The van der Waals surface area contributed by atoms with Gasteiger partial charge in [0.2, 0.25) is 5.91 Å². The summed E-state index contributed by atoms with van der Waals surface area (Å²) in [4.78, 5) is 13.7. The van der Waals surface area contributed by atoms with Crippen molar-refractivity contribution >= 4 is 36.5 Å². The average Bonchev–Trinajstić information content (AvgIpc) is 2.72. The van der Waals surface area contributed by atoms with E-state index in [0.717, 1.165) is 10.3 Å². The molecule has 0 aromatic carbocycles. The third-order valence-corrected chi connectivity index (χ3v) is 4.20. The van der Waals surface area contributed by atoms with Gasteiger partial charge in [-0.05, 0) is 5.38 Å². The third kappa shape index (κ3) is 1.95. The van der Waals surface area contributed by atoms with Crippen LogP contribution in [-0.4, -0.2) is 38.3 Å². The Labute approximate surface area is 104 Å². The van der Waals surface area contributed by atoms with Gasteiger partial charge >= 0.3 is 0 Å². The number of nitrogens with zero attached hydrogens (tertiary/aromatic N) is 1. The van der Waals surface area contributed by atoms with Crippen molar-refractivity contribution in [2.75, 3.05) is 13.7 Å². The molecule has 0 radical (unpaired) electrons. The summed E-state index contributed by atoms with van der Waals surface area (Å²) in [6.07, 6.45) is 0.0440. The van der Waals surface area contributed by atoms with E-state index < -0.39 is 12.2 Å². The molecule has 4 nitrogen and oxygen atoms in total. The van der Waals surface area contributed by atoms with E-state index in [4.69, 9.17) is 5.41 Å². The fraction of sp³-hybridized carbons (Fsp3) is 0.400. The molecule has 1 aromatic heterocycles. The van der Waals surface area contributed by atoms with Gasteiger partial charge in [0, 0.05) is 11.9 Å². The molecule has 1 aliphatic heterocycles. The molecule has 1 amide bonds. The first-order valence-electron chi connectivity index (χ1n) is 5.23. The van der Waals surface area contributed by atoms with E-state index in [-0.39, 0.29) is 18.3 Å². The molecule has 1 aromatic rings. The fourth-order valence-corrected chi connectivity index (χ4v) is 2.87. The van der Waals surface area contributed by atoms with Crippen molar-refractivity contribution in [3.63, 3.8) is 0 Å². The first-order chi connectivity index (χ1) is 7.98. The van der Waals surface area contributed by atoms with Gasteiger partial charge in [0.1, 0.15) is 20.1 Å². The zero-order valence-corrected chi connectivity index (χ0v) is 10.5. The molecule has 1 fully saturated rings. The lowest BCUT2D eigenvalue weighted by atomic mass is 9.89. The molecule has 0 aliphatic carbocycles. The van der Waals surface area contributed by atoms with Crippen LogP contribution in [0.5, 0.6) is 0 Å². The molecule has 2 N–H and O–H groups in total. The lowest BCUT2D eigenvalue weighted by Crippen LogP contribution is -2.60. The minimum Gasteiger partial charge on any atom is -0.343 e. The molecule has 2 heterocycles. The van der Waals surface area contributed by atoms with Crippen molar-refractivity contribution < 1.29 is 9.18 Å². The van der Waals surface area contributed by atoms with E-state index >= 15 is 0 Å². The lowest BCUT2D eigenvalue weighted by molar-refractivity contribution is -0.129. The predicted molar refractivity (Wildman–Crippen MR) is 68.4 cm³/mol. The number of guanidine groups is 1. The van der Waals surface area contributed by atoms with E-state index in [9.17, 15) is 9.18 Å². The second kappa shape index (κ2) is 4.14. The Bertz CT molecular complexity index is 458. The van der Waals surface area contributed by atoms with Gasteiger partial charge in [-0.25, -0.2) is 4.39 Å². The number of alkyl halides is 1. The van der Waals surface area contributed by atoms with Crippen LogP contribution in [0.25, 0.3) is 0 Å². The van der Waals surface area contributed by atoms with Crippen LogP contribution in [0.1, 0.15) is 11.3 Å². The van der Waals surface area contributed by atoms with Gasteiger partial charge in [-0.3, -0.25) is 15.1 Å². The maximum absolute atomic E-state index is 13.4. The number of amides is 1. The number of carbonyl (C=O) groups excluding carboxylic acids is 1. The van der Waals surface area contributed by atoms with Crippen molar-refractivity contribution in [3.8, 4) is 0 Å². The van der Waals surface area contributed by atoms with Crippen LogP contribution in [0.3, 0.4) is 0 Å². The van der Waals surface area contributed by atoms with E-state index in [1.165, 1.54) is 23.3 Å². The Hall–Kier alpha value is -1.37. The van der Waals surface area contributed by atoms with E-state index in [1.807, 2.05) is 19.3 Å². The van der Waals surface area contributed by atoms with Crippen LogP contribution in [-0.2, 0) is 10.3 Å². The molecule has 90 valence electrons. The van der Waals surface area contributed by atoms with Crippen LogP contribution < -0.4 is 10.8 Å². The summed E-state index contributed by atoms with van der Waals surface area (Å²) in [5.41, 5.74) is -0.0166. The van der Waals surface area contributed by atoms with Gasteiger partial charge in [-0.1, -0.05) is 11.5 Å². The van der Waals surface area contributed by atoms with Crippen molar-refractivity contribution in [1.29, 1.82) is 5.41 Å². The number of hydrogen-bond acceptors (Lipinski definition) is 3. The summed E-state index contributed by atoms with van der Waals surface area (Å²) < 4.78 is 13.4. The summed E-state index contributed by atoms with van der Waals surface area (Å²) in [6.45, 7) is -0.699. The van der Waals surface area contributed by atoms with Crippen LogP contribution in [0.15, 0.2) is 11.4 Å². The first kappa shape index (κ1) is 12.1. The molecule has 1 saturated heterocycles.